The van der Waals surface area contributed by atoms with E-state index in [2.05, 4.69) is 0 Å². The third-order valence-electron chi connectivity index (χ3n) is 3.81. The number of esters is 1. The number of carbonyl (C=O) groups is 1. The van der Waals surface area contributed by atoms with Crippen LogP contribution in [0.4, 0.5) is 0 Å². The summed E-state index contributed by atoms with van der Waals surface area (Å²) in [7, 11) is -3.48. The molecule has 1 aromatic carbocycles. The summed E-state index contributed by atoms with van der Waals surface area (Å²) >= 11 is 5.94. The highest BCUT2D eigenvalue weighted by Gasteiger charge is 2.74. The van der Waals surface area contributed by atoms with E-state index in [1.54, 1.807) is 31.2 Å². The summed E-state index contributed by atoms with van der Waals surface area (Å²) in [6.07, 6.45) is 0. The Morgan fingerprint density at radius 3 is 2.62 bits per heavy atom. The van der Waals surface area contributed by atoms with Crippen LogP contribution in [-0.2, 0) is 19.4 Å². The molecule has 1 fully saturated rings. The maximum atomic E-state index is 12.2. The first kappa shape index (κ1) is 16.3. The Morgan fingerprint density at radius 1 is 1.43 bits per heavy atom. The van der Waals surface area contributed by atoms with Gasteiger partial charge in [0.25, 0.3) is 0 Å². The van der Waals surface area contributed by atoms with Crippen LogP contribution in [0, 0.1) is 0 Å². The minimum Gasteiger partial charge on any atom is -0.465 e. The molecule has 3 atom stereocenters. The third kappa shape index (κ3) is 2.67. The first-order valence-corrected chi connectivity index (χ1v) is 8.81. The van der Waals surface area contributed by atoms with Gasteiger partial charge in [-0.15, -0.1) is 0 Å². The van der Waals surface area contributed by atoms with Crippen molar-refractivity contribution in [1.82, 2.24) is 0 Å². The second-order valence-corrected chi connectivity index (χ2v) is 7.91. The molecule has 0 unspecified atom stereocenters. The van der Waals surface area contributed by atoms with Crippen molar-refractivity contribution < 1.29 is 17.9 Å². The number of ether oxygens (including phenoxy) is 1. The summed E-state index contributed by atoms with van der Waals surface area (Å²) in [5.41, 5.74) is 5.22. The zero-order valence-corrected chi connectivity index (χ0v) is 13.4. The van der Waals surface area contributed by atoms with Crippen LogP contribution in [0.5, 0.6) is 0 Å². The van der Waals surface area contributed by atoms with E-state index in [0.717, 1.165) is 0 Å². The van der Waals surface area contributed by atoms with Crippen LogP contribution < -0.4 is 5.73 Å². The van der Waals surface area contributed by atoms with Gasteiger partial charge in [0.05, 0.1) is 11.9 Å². The lowest BCUT2D eigenvalue weighted by Gasteiger charge is -2.11. The Labute approximate surface area is 129 Å². The second kappa shape index (κ2) is 5.59. The van der Waals surface area contributed by atoms with E-state index in [9.17, 15) is 13.2 Å². The molecule has 0 aliphatic heterocycles. The average molecular weight is 332 g/mol. The van der Waals surface area contributed by atoms with Gasteiger partial charge in [-0.25, -0.2) is 13.2 Å². The van der Waals surface area contributed by atoms with Gasteiger partial charge in [0, 0.05) is 16.7 Å². The number of halogens is 1. The lowest BCUT2D eigenvalue weighted by atomic mass is 10.1. The van der Waals surface area contributed by atoms with Crippen LogP contribution in [0.1, 0.15) is 25.3 Å². The molecule has 0 spiro atoms. The summed E-state index contributed by atoms with van der Waals surface area (Å²) in [4.78, 5) is 12.1. The highest BCUT2D eigenvalue weighted by atomic mass is 35.5. The van der Waals surface area contributed by atoms with Crippen LogP contribution in [0.3, 0.4) is 0 Å². The van der Waals surface area contributed by atoms with Crippen LogP contribution >= 0.6 is 11.6 Å². The Morgan fingerprint density at radius 2 is 2.10 bits per heavy atom. The van der Waals surface area contributed by atoms with Gasteiger partial charge in [-0.3, -0.25) is 0 Å². The quantitative estimate of drug-likeness (QED) is 0.826. The molecule has 7 heteroatoms. The Kier molecular flexibility index (Phi) is 4.33. The SMILES string of the molecule is CCOC(=O)[C@@]1(N)[C@@H](c2cccc(Cl)c2)[C@@H]1S(=O)(=O)CC. The number of rotatable bonds is 5. The van der Waals surface area contributed by atoms with Crippen molar-refractivity contribution in [3.05, 3.63) is 34.9 Å². The van der Waals surface area contributed by atoms with Crippen molar-refractivity contribution in [3.8, 4) is 0 Å². The molecular formula is C14H18ClNO4S. The molecule has 2 rings (SSSR count). The van der Waals surface area contributed by atoms with Gasteiger partial charge in [0.1, 0.15) is 5.54 Å². The van der Waals surface area contributed by atoms with Crippen LogP contribution in [-0.4, -0.2) is 37.5 Å². The van der Waals surface area contributed by atoms with Crippen molar-refractivity contribution in [3.63, 3.8) is 0 Å². The van der Waals surface area contributed by atoms with Crippen molar-refractivity contribution in [2.45, 2.75) is 30.6 Å². The van der Waals surface area contributed by atoms with E-state index in [4.69, 9.17) is 22.1 Å². The number of carbonyl (C=O) groups excluding carboxylic acids is 1. The lowest BCUT2D eigenvalue weighted by molar-refractivity contribution is -0.145. The predicted molar refractivity (Wildman–Crippen MR) is 81.0 cm³/mol. The van der Waals surface area contributed by atoms with E-state index in [0.29, 0.717) is 10.6 Å². The molecule has 0 heterocycles. The molecule has 0 saturated heterocycles. The van der Waals surface area contributed by atoms with Crippen LogP contribution in [0.25, 0.3) is 0 Å². The standard InChI is InChI=1S/C14H18ClNO4S/c1-3-20-13(17)14(16)11(12(14)21(18,19)4-2)9-6-5-7-10(15)8-9/h5-8,11-12H,3-4,16H2,1-2H3/t11-,12-,14+/m0/s1. The normalized spacial score (nSPS) is 28.2. The molecule has 1 aromatic rings. The summed E-state index contributed by atoms with van der Waals surface area (Å²) in [6, 6.07) is 6.75. The fraction of sp³-hybridized carbons (Fsp3) is 0.500. The average Bonchev–Trinajstić information content (AvgIpc) is 3.08. The number of benzene rings is 1. The molecule has 2 N–H and O–H groups in total. The highest BCUT2D eigenvalue weighted by molar-refractivity contribution is 7.92. The molecular weight excluding hydrogens is 314 g/mol. The highest BCUT2D eigenvalue weighted by Crippen LogP contribution is 2.55. The van der Waals surface area contributed by atoms with Gasteiger partial charge in [-0.2, -0.15) is 0 Å². The third-order valence-corrected chi connectivity index (χ3v) is 6.28. The van der Waals surface area contributed by atoms with Crippen LogP contribution in [0.2, 0.25) is 5.02 Å². The summed E-state index contributed by atoms with van der Waals surface area (Å²) in [5, 5.41) is -0.495. The number of nitrogens with two attached hydrogens (primary N) is 1. The Bertz CT molecular complexity index is 661. The van der Waals surface area contributed by atoms with E-state index in [1.807, 2.05) is 0 Å². The molecule has 116 valence electrons. The van der Waals surface area contributed by atoms with E-state index < -0.39 is 32.5 Å². The number of hydrogen-bond acceptors (Lipinski definition) is 5. The largest absolute Gasteiger partial charge is 0.465 e. The summed E-state index contributed by atoms with van der Waals surface area (Å²) in [5.74, 6) is -1.38. The maximum absolute atomic E-state index is 12.2. The summed E-state index contributed by atoms with van der Waals surface area (Å²) < 4.78 is 29.4. The van der Waals surface area contributed by atoms with Crippen LogP contribution in [0.15, 0.2) is 24.3 Å². The lowest BCUT2D eigenvalue weighted by Crippen LogP contribution is -2.41. The molecule has 21 heavy (non-hydrogen) atoms. The Balaban J connectivity index is 2.45. The first-order chi connectivity index (χ1) is 9.79. The fourth-order valence-electron chi connectivity index (χ4n) is 2.71. The van der Waals surface area contributed by atoms with Gasteiger partial charge >= 0.3 is 5.97 Å². The van der Waals surface area contributed by atoms with Gasteiger partial charge in [-0.05, 0) is 24.6 Å². The molecule has 5 nitrogen and oxygen atoms in total. The molecule has 0 radical (unpaired) electrons. The molecule has 1 saturated carbocycles. The first-order valence-electron chi connectivity index (χ1n) is 6.72. The van der Waals surface area contributed by atoms with Crippen molar-refractivity contribution in [2.24, 2.45) is 5.73 Å². The van der Waals surface area contributed by atoms with Gasteiger partial charge in [0.15, 0.2) is 9.84 Å². The minimum absolute atomic E-state index is 0.0763. The summed E-state index contributed by atoms with van der Waals surface area (Å²) in [6.45, 7) is 3.34. The van der Waals surface area contributed by atoms with Gasteiger partial charge < -0.3 is 10.5 Å². The minimum atomic E-state index is -3.48. The van der Waals surface area contributed by atoms with Crippen molar-refractivity contribution >= 4 is 27.4 Å². The smallest absolute Gasteiger partial charge is 0.328 e. The fourth-order valence-corrected chi connectivity index (χ4v) is 4.82. The van der Waals surface area contributed by atoms with Crippen molar-refractivity contribution in [1.29, 1.82) is 0 Å². The Hall–Kier alpha value is -1.11. The molecule has 1 aliphatic rings. The second-order valence-electron chi connectivity index (χ2n) is 5.06. The maximum Gasteiger partial charge on any atom is 0.328 e. The molecule has 0 bridgehead atoms. The van der Waals surface area contributed by atoms with Gasteiger partial charge in [0.2, 0.25) is 0 Å². The molecule has 0 aromatic heterocycles. The van der Waals surface area contributed by atoms with Crippen molar-refractivity contribution in [2.75, 3.05) is 12.4 Å². The van der Waals surface area contributed by atoms with Gasteiger partial charge in [-0.1, -0.05) is 30.7 Å². The topological polar surface area (TPSA) is 86.5 Å². The zero-order valence-electron chi connectivity index (χ0n) is 11.9. The molecule has 1 aliphatic carbocycles. The monoisotopic (exact) mass is 331 g/mol. The zero-order chi connectivity index (χ0) is 15.8. The van der Waals surface area contributed by atoms with E-state index in [-0.39, 0.29) is 12.4 Å². The molecule has 0 amide bonds. The number of hydrogen-bond donors (Lipinski definition) is 1. The van der Waals surface area contributed by atoms with E-state index >= 15 is 0 Å². The number of sulfone groups is 1. The van der Waals surface area contributed by atoms with E-state index in [1.165, 1.54) is 6.92 Å². The predicted octanol–water partition coefficient (Wildman–Crippen LogP) is 1.50.